The summed E-state index contributed by atoms with van der Waals surface area (Å²) in [6, 6.07) is 3.99. The molecular formula is C13H14N4O4. The van der Waals surface area contributed by atoms with Crippen molar-refractivity contribution in [3.05, 3.63) is 52.6 Å². The molecule has 0 aliphatic rings. The van der Waals surface area contributed by atoms with Crippen molar-refractivity contribution < 1.29 is 14.8 Å². The largest absolute Gasteiger partial charge is 0.477 e. The quantitative estimate of drug-likeness (QED) is 0.458. The van der Waals surface area contributed by atoms with Crippen LogP contribution in [-0.4, -0.2) is 32.1 Å². The van der Waals surface area contributed by atoms with Gasteiger partial charge in [-0.25, -0.2) is 9.78 Å². The Morgan fingerprint density at radius 3 is 2.90 bits per heavy atom. The first-order valence-electron chi connectivity index (χ1n) is 6.29. The van der Waals surface area contributed by atoms with Gasteiger partial charge in [-0.3, -0.25) is 10.1 Å². The van der Waals surface area contributed by atoms with Crippen LogP contribution in [0.5, 0.6) is 0 Å². The number of nitro benzene ring substituents is 1. The van der Waals surface area contributed by atoms with E-state index in [-0.39, 0.29) is 5.56 Å². The van der Waals surface area contributed by atoms with Crippen LogP contribution in [0.1, 0.15) is 16.8 Å². The molecule has 0 radical (unpaired) electrons. The number of nitro groups is 1. The Bertz CT molecular complexity index is 640. The number of aromatic nitrogens is 2. The highest BCUT2D eigenvalue weighted by Crippen LogP contribution is 2.23. The number of rotatable bonds is 7. The number of aromatic carboxylic acids is 1. The molecule has 1 aromatic carbocycles. The van der Waals surface area contributed by atoms with E-state index in [9.17, 15) is 14.9 Å². The number of carboxylic acid groups (broad SMARTS) is 1. The Morgan fingerprint density at radius 1 is 1.48 bits per heavy atom. The number of imidazole rings is 1. The summed E-state index contributed by atoms with van der Waals surface area (Å²) >= 11 is 0. The third-order valence-corrected chi connectivity index (χ3v) is 2.91. The molecular weight excluding hydrogens is 276 g/mol. The molecule has 0 amide bonds. The predicted octanol–water partition coefficient (Wildman–Crippen LogP) is 1.99. The Hall–Kier alpha value is -2.90. The van der Waals surface area contributed by atoms with Crippen molar-refractivity contribution in [2.75, 3.05) is 11.9 Å². The van der Waals surface area contributed by atoms with E-state index < -0.39 is 16.6 Å². The Balaban J connectivity index is 1.95. The zero-order valence-electron chi connectivity index (χ0n) is 11.1. The number of nitrogens with one attached hydrogen (secondary N) is 1. The van der Waals surface area contributed by atoms with Gasteiger partial charge < -0.3 is 15.0 Å². The minimum Gasteiger partial charge on any atom is -0.477 e. The van der Waals surface area contributed by atoms with Crippen molar-refractivity contribution in [2.45, 2.75) is 13.0 Å². The minimum atomic E-state index is -1.31. The van der Waals surface area contributed by atoms with Crippen molar-refractivity contribution in [1.29, 1.82) is 0 Å². The van der Waals surface area contributed by atoms with E-state index in [2.05, 4.69) is 10.3 Å². The van der Waals surface area contributed by atoms with E-state index in [0.29, 0.717) is 12.2 Å². The zero-order chi connectivity index (χ0) is 15.2. The second-order valence-corrected chi connectivity index (χ2v) is 4.38. The fourth-order valence-corrected chi connectivity index (χ4v) is 1.89. The second-order valence-electron chi connectivity index (χ2n) is 4.38. The van der Waals surface area contributed by atoms with E-state index in [1.165, 1.54) is 18.2 Å². The standard InChI is InChI=1S/C13H14N4O4/c18-13(19)11-3-2-10(8-12(11)17(20)21)15-4-1-6-16-7-5-14-9-16/h2-3,5,7-9,15H,1,4,6H2,(H,18,19). The molecule has 8 nitrogen and oxygen atoms in total. The van der Waals surface area contributed by atoms with Gasteiger partial charge >= 0.3 is 5.97 Å². The fourth-order valence-electron chi connectivity index (χ4n) is 1.89. The van der Waals surface area contributed by atoms with Crippen molar-refractivity contribution >= 4 is 17.3 Å². The van der Waals surface area contributed by atoms with Crippen LogP contribution < -0.4 is 5.32 Å². The molecule has 0 unspecified atom stereocenters. The summed E-state index contributed by atoms with van der Waals surface area (Å²) in [5.41, 5.74) is -0.205. The number of anilines is 1. The number of carboxylic acids is 1. The molecule has 0 spiro atoms. The Labute approximate surface area is 120 Å². The SMILES string of the molecule is O=C(O)c1ccc(NCCCn2ccnc2)cc1[N+](=O)[O-]. The van der Waals surface area contributed by atoms with Crippen LogP contribution in [0.3, 0.4) is 0 Å². The van der Waals surface area contributed by atoms with Gasteiger partial charge in [-0.15, -0.1) is 0 Å². The maximum atomic E-state index is 10.9. The summed E-state index contributed by atoms with van der Waals surface area (Å²) in [4.78, 5) is 25.0. The number of aryl methyl sites for hydroxylation is 1. The van der Waals surface area contributed by atoms with E-state index >= 15 is 0 Å². The van der Waals surface area contributed by atoms with E-state index in [4.69, 9.17) is 5.11 Å². The van der Waals surface area contributed by atoms with Gasteiger partial charge in [0.15, 0.2) is 0 Å². The average molecular weight is 290 g/mol. The predicted molar refractivity (Wildman–Crippen MR) is 75.4 cm³/mol. The molecule has 0 aliphatic heterocycles. The number of carbonyl (C=O) groups is 1. The van der Waals surface area contributed by atoms with Gasteiger partial charge in [0.1, 0.15) is 5.56 Å². The molecule has 0 aliphatic carbocycles. The minimum absolute atomic E-state index is 0.316. The van der Waals surface area contributed by atoms with Crippen LogP contribution in [0.2, 0.25) is 0 Å². The lowest BCUT2D eigenvalue weighted by atomic mass is 10.1. The molecule has 0 saturated carbocycles. The molecule has 1 aromatic heterocycles. The first kappa shape index (κ1) is 14.5. The highest BCUT2D eigenvalue weighted by molar-refractivity contribution is 5.93. The lowest BCUT2D eigenvalue weighted by Gasteiger charge is -2.07. The van der Waals surface area contributed by atoms with Gasteiger partial charge in [0.2, 0.25) is 0 Å². The highest BCUT2D eigenvalue weighted by Gasteiger charge is 2.19. The molecule has 21 heavy (non-hydrogen) atoms. The van der Waals surface area contributed by atoms with Crippen LogP contribution in [0, 0.1) is 10.1 Å². The summed E-state index contributed by atoms with van der Waals surface area (Å²) in [7, 11) is 0. The van der Waals surface area contributed by atoms with Crippen LogP contribution >= 0.6 is 0 Å². The normalized spacial score (nSPS) is 10.3. The van der Waals surface area contributed by atoms with Gasteiger partial charge in [-0.1, -0.05) is 0 Å². The second kappa shape index (κ2) is 6.51. The summed E-state index contributed by atoms with van der Waals surface area (Å²) in [6.07, 6.45) is 6.07. The highest BCUT2D eigenvalue weighted by atomic mass is 16.6. The maximum Gasteiger partial charge on any atom is 0.342 e. The molecule has 0 fully saturated rings. The van der Waals surface area contributed by atoms with Gasteiger partial charge in [-0.05, 0) is 18.6 Å². The van der Waals surface area contributed by atoms with E-state index in [1.807, 2.05) is 10.8 Å². The molecule has 0 atom stereocenters. The first-order chi connectivity index (χ1) is 10.1. The average Bonchev–Trinajstić information content (AvgIpc) is 2.96. The van der Waals surface area contributed by atoms with Crippen molar-refractivity contribution in [1.82, 2.24) is 9.55 Å². The van der Waals surface area contributed by atoms with E-state index in [0.717, 1.165) is 13.0 Å². The summed E-state index contributed by atoms with van der Waals surface area (Å²) in [5, 5.41) is 22.8. The van der Waals surface area contributed by atoms with Crippen molar-refractivity contribution in [3.8, 4) is 0 Å². The third-order valence-electron chi connectivity index (χ3n) is 2.91. The summed E-state index contributed by atoms with van der Waals surface area (Å²) in [5.74, 6) is -1.31. The lowest BCUT2D eigenvalue weighted by molar-refractivity contribution is -0.385. The topological polar surface area (TPSA) is 110 Å². The van der Waals surface area contributed by atoms with Gasteiger partial charge in [0.05, 0.1) is 11.3 Å². The van der Waals surface area contributed by atoms with Crippen molar-refractivity contribution in [3.63, 3.8) is 0 Å². The van der Waals surface area contributed by atoms with Crippen LogP contribution in [0.4, 0.5) is 11.4 Å². The molecule has 110 valence electrons. The molecule has 2 aromatic rings. The smallest absolute Gasteiger partial charge is 0.342 e. The number of nitrogens with zero attached hydrogens (tertiary/aromatic N) is 3. The van der Waals surface area contributed by atoms with Crippen LogP contribution in [-0.2, 0) is 6.54 Å². The third kappa shape index (κ3) is 3.78. The molecule has 1 heterocycles. The first-order valence-corrected chi connectivity index (χ1v) is 6.29. The Morgan fingerprint density at radius 2 is 2.29 bits per heavy atom. The van der Waals surface area contributed by atoms with Crippen LogP contribution in [0.25, 0.3) is 0 Å². The van der Waals surface area contributed by atoms with Gasteiger partial charge in [-0.2, -0.15) is 0 Å². The van der Waals surface area contributed by atoms with Crippen molar-refractivity contribution in [2.24, 2.45) is 0 Å². The van der Waals surface area contributed by atoms with Gasteiger partial charge in [0, 0.05) is 37.2 Å². The Kier molecular flexibility index (Phi) is 4.50. The van der Waals surface area contributed by atoms with Gasteiger partial charge in [0.25, 0.3) is 5.69 Å². The lowest BCUT2D eigenvalue weighted by Crippen LogP contribution is -2.07. The monoisotopic (exact) mass is 290 g/mol. The maximum absolute atomic E-state index is 10.9. The van der Waals surface area contributed by atoms with Crippen LogP contribution in [0.15, 0.2) is 36.9 Å². The molecule has 8 heteroatoms. The molecule has 0 bridgehead atoms. The molecule has 0 saturated heterocycles. The molecule has 2 N–H and O–H groups in total. The number of hydrogen-bond acceptors (Lipinski definition) is 5. The molecule has 2 rings (SSSR count). The summed E-state index contributed by atoms with van der Waals surface area (Å²) in [6.45, 7) is 1.39. The van der Waals surface area contributed by atoms with E-state index in [1.54, 1.807) is 12.5 Å². The number of hydrogen-bond donors (Lipinski definition) is 2. The fraction of sp³-hybridized carbons (Fsp3) is 0.231. The number of benzene rings is 1. The summed E-state index contributed by atoms with van der Waals surface area (Å²) < 4.78 is 1.93. The zero-order valence-corrected chi connectivity index (χ0v) is 11.1.